The number of carbonyl (C=O) groups excluding carboxylic acids is 1. The van der Waals surface area contributed by atoms with Gasteiger partial charge in [-0.3, -0.25) is 0 Å². The third kappa shape index (κ3) is 6.78. The monoisotopic (exact) mass is 485 g/mol. The normalized spacial score (nSPS) is 11.1. The lowest BCUT2D eigenvalue weighted by Crippen LogP contribution is -2.07. The maximum Gasteiger partial charge on any atom is 0.333 e. The number of benzene rings is 3. The molecule has 0 atom stereocenters. The predicted molar refractivity (Wildman–Crippen MR) is 139 cm³/mol. The van der Waals surface area contributed by atoms with E-state index in [4.69, 9.17) is 14.2 Å². The molecule has 0 amide bonds. The number of ether oxygens (including phenoxy) is 3. The Labute approximate surface area is 210 Å². The standard InChI is InChI=1S/C29H27NO4S/c1-5-34-29(31)20(2)18-27(35-26-16-14-25(33-4)15-17-26)28(22-8-6-21(19-30)7-9-22)23-10-12-24(32-3)13-11-23/h6-17H,2,5,18H2,1,3-4H3/b28-27+. The van der Waals surface area contributed by atoms with Gasteiger partial charge in [-0.15, -0.1) is 0 Å². The van der Waals surface area contributed by atoms with Gasteiger partial charge in [-0.05, 0) is 72.2 Å². The molecule has 0 radical (unpaired) electrons. The van der Waals surface area contributed by atoms with Crippen LogP contribution < -0.4 is 9.47 Å². The quantitative estimate of drug-likeness (QED) is 0.182. The van der Waals surface area contributed by atoms with Gasteiger partial charge < -0.3 is 14.2 Å². The number of thioether (sulfide) groups is 1. The number of carbonyl (C=O) groups is 1. The summed E-state index contributed by atoms with van der Waals surface area (Å²) in [5.74, 6) is 1.08. The molecule has 178 valence electrons. The number of methoxy groups -OCH3 is 2. The number of nitrogens with zero attached hydrogens (tertiary/aromatic N) is 1. The molecule has 0 aliphatic heterocycles. The van der Waals surface area contributed by atoms with Crippen LogP contribution in [0.5, 0.6) is 11.5 Å². The number of rotatable bonds is 10. The molecule has 3 aromatic rings. The fourth-order valence-corrected chi connectivity index (χ4v) is 4.56. The number of nitriles is 1. The van der Waals surface area contributed by atoms with Gasteiger partial charge in [0.15, 0.2) is 0 Å². The summed E-state index contributed by atoms with van der Waals surface area (Å²) in [7, 11) is 3.25. The molecule has 0 aromatic heterocycles. The molecule has 0 N–H and O–H groups in total. The lowest BCUT2D eigenvalue weighted by Gasteiger charge is -2.18. The van der Waals surface area contributed by atoms with Crippen molar-refractivity contribution in [1.82, 2.24) is 0 Å². The third-order valence-corrected chi connectivity index (χ3v) is 6.30. The zero-order valence-electron chi connectivity index (χ0n) is 20.0. The van der Waals surface area contributed by atoms with Gasteiger partial charge in [0, 0.05) is 21.8 Å². The average Bonchev–Trinajstić information content (AvgIpc) is 2.90. The summed E-state index contributed by atoms with van der Waals surface area (Å²) in [5, 5.41) is 9.27. The fourth-order valence-electron chi connectivity index (χ4n) is 3.42. The van der Waals surface area contributed by atoms with Gasteiger partial charge in [-0.1, -0.05) is 42.6 Å². The molecular formula is C29H27NO4S. The van der Waals surface area contributed by atoms with Gasteiger partial charge in [0.05, 0.1) is 32.5 Å². The number of hydrogen-bond donors (Lipinski definition) is 0. The van der Waals surface area contributed by atoms with Crippen LogP contribution in [-0.2, 0) is 9.53 Å². The Bertz CT molecular complexity index is 1240. The molecule has 0 saturated heterocycles. The van der Waals surface area contributed by atoms with Crippen LogP contribution in [0, 0.1) is 11.3 Å². The molecule has 0 bridgehead atoms. The lowest BCUT2D eigenvalue weighted by atomic mass is 9.95. The van der Waals surface area contributed by atoms with E-state index >= 15 is 0 Å². The van der Waals surface area contributed by atoms with Crippen LogP contribution in [0.15, 0.2) is 94.7 Å². The van der Waals surface area contributed by atoms with E-state index in [0.29, 0.717) is 17.6 Å². The fraction of sp³-hybridized carbons (Fsp3) is 0.172. The Hall–Kier alpha value is -3.95. The summed E-state index contributed by atoms with van der Waals surface area (Å²) in [6.45, 7) is 6.05. The van der Waals surface area contributed by atoms with Gasteiger partial charge in [-0.2, -0.15) is 5.26 Å². The number of allylic oxidation sites excluding steroid dienone is 1. The Morgan fingerprint density at radius 3 is 1.89 bits per heavy atom. The predicted octanol–water partition coefficient (Wildman–Crippen LogP) is 6.64. The lowest BCUT2D eigenvalue weighted by molar-refractivity contribution is -0.138. The van der Waals surface area contributed by atoms with Gasteiger partial charge in [0.1, 0.15) is 11.5 Å². The first-order valence-corrected chi connectivity index (χ1v) is 11.9. The molecule has 3 aromatic carbocycles. The summed E-state index contributed by atoms with van der Waals surface area (Å²) in [5.41, 5.74) is 3.74. The van der Waals surface area contributed by atoms with Crippen LogP contribution in [0.4, 0.5) is 0 Å². The van der Waals surface area contributed by atoms with Gasteiger partial charge in [-0.25, -0.2) is 4.79 Å². The molecule has 0 spiro atoms. The zero-order valence-corrected chi connectivity index (χ0v) is 20.9. The van der Waals surface area contributed by atoms with E-state index in [0.717, 1.165) is 38.0 Å². The van der Waals surface area contributed by atoms with Crippen LogP contribution in [0.3, 0.4) is 0 Å². The maximum atomic E-state index is 12.5. The molecule has 35 heavy (non-hydrogen) atoms. The van der Waals surface area contributed by atoms with E-state index in [1.165, 1.54) is 0 Å². The number of esters is 1. The van der Waals surface area contributed by atoms with Crippen molar-refractivity contribution in [3.63, 3.8) is 0 Å². The van der Waals surface area contributed by atoms with Crippen LogP contribution in [0.25, 0.3) is 5.57 Å². The Balaban J connectivity index is 2.18. The molecule has 6 heteroatoms. The smallest absolute Gasteiger partial charge is 0.333 e. The zero-order chi connectivity index (χ0) is 25.2. The van der Waals surface area contributed by atoms with Gasteiger partial charge >= 0.3 is 5.97 Å². The van der Waals surface area contributed by atoms with Crippen molar-refractivity contribution in [2.75, 3.05) is 20.8 Å². The topological polar surface area (TPSA) is 68.5 Å². The van der Waals surface area contributed by atoms with Crippen LogP contribution in [-0.4, -0.2) is 26.8 Å². The minimum absolute atomic E-state index is 0.281. The Kier molecular flexibility index (Phi) is 9.16. The highest BCUT2D eigenvalue weighted by Gasteiger charge is 2.18. The van der Waals surface area contributed by atoms with E-state index in [1.807, 2.05) is 60.7 Å². The summed E-state index contributed by atoms with van der Waals surface area (Å²) in [6.07, 6.45) is 0.302. The molecule has 5 nitrogen and oxygen atoms in total. The van der Waals surface area contributed by atoms with Gasteiger partial charge in [0.2, 0.25) is 0 Å². The van der Waals surface area contributed by atoms with E-state index in [1.54, 1.807) is 45.0 Å². The molecule has 0 saturated carbocycles. The van der Waals surface area contributed by atoms with Crippen molar-refractivity contribution >= 4 is 23.3 Å². The highest BCUT2D eigenvalue weighted by atomic mass is 32.2. The second kappa shape index (κ2) is 12.5. The van der Waals surface area contributed by atoms with Crippen molar-refractivity contribution in [3.05, 3.63) is 107 Å². The Morgan fingerprint density at radius 2 is 1.40 bits per heavy atom. The summed E-state index contributed by atoms with van der Waals surface area (Å²) < 4.78 is 15.8. The van der Waals surface area contributed by atoms with Crippen LogP contribution in [0.1, 0.15) is 30.0 Å². The van der Waals surface area contributed by atoms with E-state index in [9.17, 15) is 10.1 Å². The van der Waals surface area contributed by atoms with E-state index < -0.39 is 5.97 Å². The van der Waals surface area contributed by atoms with Crippen LogP contribution in [0.2, 0.25) is 0 Å². The van der Waals surface area contributed by atoms with Crippen molar-refractivity contribution in [3.8, 4) is 17.6 Å². The van der Waals surface area contributed by atoms with Crippen molar-refractivity contribution in [2.45, 2.75) is 18.2 Å². The minimum Gasteiger partial charge on any atom is -0.497 e. The molecule has 0 heterocycles. The summed E-state index contributed by atoms with van der Waals surface area (Å²) >= 11 is 1.55. The third-order valence-electron chi connectivity index (χ3n) is 5.20. The van der Waals surface area contributed by atoms with E-state index in [-0.39, 0.29) is 6.61 Å². The van der Waals surface area contributed by atoms with Crippen molar-refractivity contribution in [1.29, 1.82) is 5.26 Å². The molecular weight excluding hydrogens is 458 g/mol. The second-order valence-corrected chi connectivity index (χ2v) is 8.66. The highest BCUT2D eigenvalue weighted by molar-refractivity contribution is 8.03. The first-order valence-electron chi connectivity index (χ1n) is 11.0. The minimum atomic E-state index is -0.422. The average molecular weight is 486 g/mol. The summed E-state index contributed by atoms with van der Waals surface area (Å²) in [6, 6.07) is 25.1. The van der Waals surface area contributed by atoms with Gasteiger partial charge in [0.25, 0.3) is 0 Å². The molecule has 0 unspecified atom stereocenters. The molecule has 3 rings (SSSR count). The second-order valence-electron chi connectivity index (χ2n) is 7.49. The molecule has 0 aliphatic carbocycles. The van der Waals surface area contributed by atoms with Crippen molar-refractivity contribution in [2.24, 2.45) is 0 Å². The van der Waals surface area contributed by atoms with Crippen LogP contribution >= 0.6 is 11.8 Å². The summed E-state index contributed by atoms with van der Waals surface area (Å²) in [4.78, 5) is 14.4. The highest BCUT2D eigenvalue weighted by Crippen LogP contribution is 2.41. The molecule has 0 fully saturated rings. The Morgan fingerprint density at radius 1 is 0.886 bits per heavy atom. The largest absolute Gasteiger partial charge is 0.497 e. The number of hydrogen-bond acceptors (Lipinski definition) is 6. The molecule has 0 aliphatic rings. The maximum absolute atomic E-state index is 12.5. The SMILES string of the molecule is C=C(C/C(Sc1ccc(OC)cc1)=C(/c1ccc(C#N)cc1)c1ccc(OC)cc1)C(=O)OCC. The first-order chi connectivity index (χ1) is 17.0. The van der Waals surface area contributed by atoms with Crippen molar-refractivity contribution < 1.29 is 19.0 Å². The van der Waals surface area contributed by atoms with E-state index in [2.05, 4.69) is 12.6 Å². The first kappa shape index (κ1) is 25.7.